The summed E-state index contributed by atoms with van der Waals surface area (Å²) < 4.78 is 5.47. The lowest BCUT2D eigenvalue weighted by atomic mass is 10.0. The van der Waals surface area contributed by atoms with Crippen LogP contribution in [0.4, 0.5) is 0 Å². The second-order valence-corrected chi connectivity index (χ2v) is 5.37. The standard InChI is InChI=1S/C12H18N6O5/c1-14-12(11(13)22)8-9(15-3-17-12)18(4-16-8)10-7(21)6(20)5(2-19)23-10/h3,5-7,10,14,19-21H,2,4H2,1H3,(H2,13,22)/t5-,6-,7-,10-,12?/m1/s1. The van der Waals surface area contributed by atoms with Crippen molar-refractivity contribution in [3.05, 3.63) is 0 Å². The van der Waals surface area contributed by atoms with Gasteiger partial charge in [-0.05, 0) is 7.05 Å². The van der Waals surface area contributed by atoms with E-state index in [1.807, 2.05) is 0 Å². The van der Waals surface area contributed by atoms with Crippen molar-refractivity contribution in [2.75, 3.05) is 20.3 Å². The van der Waals surface area contributed by atoms with Gasteiger partial charge in [0, 0.05) is 0 Å². The normalized spacial score (nSPS) is 39.2. The van der Waals surface area contributed by atoms with Crippen LogP contribution in [0.2, 0.25) is 0 Å². The minimum absolute atomic E-state index is 0.0425. The molecule has 3 aliphatic heterocycles. The van der Waals surface area contributed by atoms with Crippen LogP contribution in [0.1, 0.15) is 0 Å². The fourth-order valence-corrected chi connectivity index (χ4v) is 2.89. The first-order valence-corrected chi connectivity index (χ1v) is 7.01. The first-order valence-electron chi connectivity index (χ1n) is 7.01. The van der Waals surface area contributed by atoms with Gasteiger partial charge in [-0.15, -0.1) is 0 Å². The molecule has 5 atom stereocenters. The molecule has 0 aromatic heterocycles. The Bertz CT molecular complexity index is 607. The van der Waals surface area contributed by atoms with Crippen LogP contribution in [0.25, 0.3) is 0 Å². The maximum absolute atomic E-state index is 11.8. The fourth-order valence-electron chi connectivity index (χ4n) is 2.89. The van der Waals surface area contributed by atoms with Crippen molar-refractivity contribution in [1.82, 2.24) is 10.2 Å². The van der Waals surface area contributed by atoms with E-state index in [4.69, 9.17) is 10.5 Å². The number of amides is 1. The zero-order chi connectivity index (χ0) is 16.8. The fraction of sp³-hybridized carbons (Fsp3) is 0.667. The molecule has 6 N–H and O–H groups in total. The van der Waals surface area contributed by atoms with E-state index in [-0.39, 0.29) is 18.2 Å². The topological polar surface area (TPSA) is 165 Å². The Kier molecular flexibility index (Phi) is 3.90. The van der Waals surface area contributed by atoms with E-state index in [2.05, 4.69) is 20.3 Å². The summed E-state index contributed by atoms with van der Waals surface area (Å²) in [5.41, 5.74) is 4.12. The third kappa shape index (κ3) is 2.16. The number of primary amides is 1. The number of carbonyl (C=O) groups excluding carboxylic acids is 1. The molecule has 3 rings (SSSR count). The molecule has 0 spiro atoms. The van der Waals surface area contributed by atoms with Gasteiger partial charge in [0.05, 0.1) is 6.61 Å². The summed E-state index contributed by atoms with van der Waals surface area (Å²) in [6.07, 6.45) is -3.20. The molecule has 0 bridgehead atoms. The number of aliphatic hydroxyl groups is 3. The van der Waals surface area contributed by atoms with Gasteiger partial charge in [-0.25, -0.2) is 9.98 Å². The van der Waals surface area contributed by atoms with Gasteiger partial charge in [0.1, 0.15) is 37.0 Å². The highest BCUT2D eigenvalue weighted by molar-refractivity contribution is 6.51. The first-order chi connectivity index (χ1) is 11.0. The van der Waals surface area contributed by atoms with Gasteiger partial charge in [-0.3, -0.25) is 15.1 Å². The van der Waals surface area contributed by atoms with Gasteiger partial charge >= 0.3 is 0 Å². The summed E-state index contributed by atoms with van der Waals surface area (Å²) in [5, 5.41) is 31.9. The molecule has 0 aliphatic carbocycles. The number of ether oxygens (including phenoxy) is 1. The van der Waals surface area contributed by atoms with E-state index in [9.17, 15) is 20.1 Å². The average molecular weight is 326 g/mol. The molecule has 1 unspecified atom stereocenters. The lowest BCUT2D eigenvalue weighted by Gasteiger charge is -2.32. The molecule has 0 radical (unpaired) electrons. The minimum atomic E-state index is -1.54. The summed E-state index contributed by atoms with van der Waals surface area (Å²) in [4.78, 5) is 25.6. The van der Waals surface area contributed by atoms with E-state index < -0.39 is 42.7 Å². The summed E-state index contributed by atoms with van der Waals surface area (Å²) in [5.74, 6) is -0.478. The number of hydrogen-bond acceptors (Lipinski definition) is 10. The van der Waals surface area contributed by atoms with Gasteiger partial charge in [0.15, 0.2) is 12.1 Å². The zero-order valence-corrected chi connectivity index (χ0v) is 12.3. The van der Waals surface area contributed by atoms with Gasteiger partial charge in [0.2, 0.25) is 5.66 Å². The molecule has 3 aliphatic rings. The van der Waals surface area contributed by atoms with Gasteiger partial charge in [-0.1, -0.05) is 0 Å². The third-order valence-corrected chi connectivity index (χ3v) is 4.18. The molecule has 11 nitrogen and oxygen atoms in total. The average Bonchev–Trinajstić information content (AvgIpc) is 3.09. The number of nitrogens with zero attached hydrogens (tertiary/aromatic N) is 4. The number of nitrogens with one attached hydrogen (secondary N) is 1. The SMILES string of the molecule is CNC1(C(N)=O)N=CN=C2C1=NCN2[C@@H]1O[C@H](CO)[C@@H](O)[C@H]1O. The predicted molar refractivity (Wildman–Crippen MR) is 78.8 cm³/mol. The van der Waals surface area contributed by atoms with Crippen LogP contribution in [0.5, 0.6) is 0 Å². The van der Waals surface area contributed by atoms with Crippen LogP contribution in [-0.2, 0) is 9.53 Å². The Labute approximate surface area is 131 Å². The number of likely N-dealkylation sites (N-methyl/N-ethyl adjacent to an activating group) is 1. The van der Waals surface area contributed by atoms with Gasteiger partial charge < -0.3 is 30.7 Å². The van der Waals surface area contributed by atoms with E-state index in [1.165, 1.54) is 18.3 Å². The minimum Gasteiger partial charge on any atom is -0.394 e. The van der Waals surface area contributed by atoms with Crippen molar-refractivity contribution >= 4 is 23.8 Å². The summed E-state index contributed by atoms with van der Waals surface area (Å²) >= 11 is 0. The van der Waals surface area contributed by atoms with Crippen molar-refractivity contribution in [2.45, 2.75) is 30.2 Å². The highest BCUT2D eigenvalue weighted by Gasteiger charge is 2.53. The largest absolute Gasteiger partial charge is 0.394 e. The van der Waals surface area contributed by atoms with Crippen molar-refractivity contribution in [1.29, 1.82) is 0 Å². The van der Waals surface area contributed by atoms with E-state index >= 15 is 0 Å². The lowest BCUT2D eigenvalue weighted by molar-refractivity contribution is -0.121. The van der Waals surface area contributed by atoms with Gasteiger partial charge in [0.25, 0.3) is 5.91 Å². The van der Waals surface area contributed by atoms with Crippen LogP contribution in [0.3, 0.4) is 0 Å². The molecule has 126 valence electrons. The first kappa shape index (κ1) is 16.0. The second kappa shape index (κ2) is 5.62. The van der Waals surface area contributed by atoms with Crippen molar-refractivity contribution in [3.63, 3.8) is 0 Å². The summed E-state index contributed by atoms with van der Waals surface area (Å²) in [6, 6.07) is 0. The Morgan fingerprint density at radius 2 is 2.30 bits per heavy atom. The van der Waals surface area contributed by atoms with Crippen molar-refractivity contribution in [2.24, 2.45) is 20.7 Å². The number of rotatable bonds is 4. The number of carbonyl (C=O) groups is 1. The zero-order valence-electron chi connectivity index (χ0n) is 12.3. The molecule has 1 amide bonds. The number of aliphatic hydroxyl groups excluding tert-OH is 3. The summed E-state index contributed by atoms with van der Waals surface area (Å²) in [6.45, 7) is -0.396. The molecular weight excluding hydrogens is 308 g/mol. The maximum atomic E-state index is 11.8. The van der Waals surface area contributed by atoms with E-state index in [1.54, 1.807) is 0 Å². The molecule has 0 saturated carbocycles. The highest BCUT2D eigenvalue weighted by atomic mass is 16.6. The molecule has 11 heteroatoms. The molecular formula is C12H18N6O5. The van der Waals surface area contributed by atoms with E-state index in [0.29, 0.717) is 0 Å². The Morgan fingerprint density at radius 3 is 2.87 bits per heavy atom. The Hall–Kier alpha value is -1.92. The Morgan fingerprint density at radius 1 is 1.57 bits per heavy atom. The number of hydrogen-bond donors (Lipinski definition) is 5. The summed E-state index contributed by atoms with van der Waals surface area (Å²) in [7, 11) is 1.52. The predicted octanol–water partition coefficient (Wildman–Crippen LogP) is -4.02. The molecule has 23 heavy (non-hydrogen) atoms. The molecule has 1 fully saturated rings. The van der Waals surface area contributed by atoms with Crippen LogP contribution in [0.15, 0.2) is 15.0 Å². The third-order valence-electron chi connectivity index (χ3n) is 4.18. The molecule has 3 heterocycles. The van der Waals surface area contributed by atoms with Crippen LogP contribution in [0, 0.1) is 0 Å². The Balaban J connectivity index is 1.89. The molecule has 0 aromatic carbocycles. The quantitative estimate of drug-likeness (QED) is 0.351. The van der Waals surface area contributed by atoms with Crippen LogP contribution < -0.4 is 11.1 Å². The highest BCUT2D eigenvalue weighted by Crippen LogP contribution is 2.29. The van der Waals surface area contributed by atoms with Crippen molar-refractivity contribution in [3.8, 4) is 0 Å². The second-order valence-electron chi connectivity index (χ2n) is 5.37. The smallest absolute Gasteiger partial charge is 0.266 e. The van der Waals surface area contributed by atoms with Crippen LogP contribution >= 0.6 is 0 Å². The number of nitrogens with two attached hydrogens (primary N) is 1. The van der Waals surface area contributed by atoms with Crippen molar-refractivity contribution < 1.29 is 24.9 Å². The van der Waals surface area contributed by atoms with E-state index in [0.717, 1.165) is 0 Å². The maximum Gasteiger partial charge on any atom is 0.266 e. The molecule has 1 saturated heterocycles. The van der Waals surface area contributed by atoms with Gasteiger partial charge in [-0.2, -0.15) is 0 Å². The molecule has 0 aromatic rings. The number of fused-ring (bicyclic) bond motifs is 1. The number of aliphatic imine (C=N–C) groups is 3. The monoisotopic (exact) mass is 326 g/mol. The van der Waals surface area contributed by atoms with Crippen LogP contribution in [-0.4, -0.2) is 94.5 Å². The lowest BCUT2D eigenvalue weighted by Crippen LogP contribution is -2.63. The number of amidine groups is 1.